The van der Waals surface area contributed by atoms with E-state index in [1.807, 2.05) is 0 Å². The van der Waals surface area contributed by atoms with Gasteiger partial charge < -0.3 is 4.90 Å². The summed E-state index contributed by atoms with van der Waals surface area (Å²) in [6.45, 7) is 13.1. The largest absolute Gasteiger partial charge is 0.354 e. The van der Waals surface area contributed by atoms with Crippen LogP contribution in [-0.2, 0) is 5.88 Å². The van der Waals surface area contributed by atoms with Gasteiger partial charge in [0.1, 0.15) is 5.82 Å². The van der Waals surface area contributed by atoms with Crippen molar-refractivity contribution >= 4 is 17.4 Å². The molecular formula is C16H26ClN3. The van der Waals surface area contributed by atoms with E-state index in [9.17, 15) is 0 Å². The van der Waals surface area contributed by atoms with Gasteiger partial charge in [-0.25, -0.2) is 4.98 Å². The lowest BCUT2D eigenvalue weighted by Gasteiger charge is -2.39. The van der Waals surface area contributed by atoms with Crippen molar-refractivity contribution in [3.8, 4) is 0 Å². The number of nitrogens with zero attached hydrogens (tertiary/aromatic N) is 3. The Kier molecular flexibility index (Phi) is 5.28. The monoisotopic (exact) mass is 295 g/mol. The summed E-state index contributed by atoms with van der Waals surface area (Å²) in [6.07, 6.45) is 1.22. The van der Waals surface area contributed by atoms with Crippen LogP contribution in [0, 0.1) is 13.8 Å². The van der Waals surface area contributed by atoms with E-state index in [-0.39, 0.29) is 0 Å². The van der Waals surface area contributed by atoms with Crippen LogP contribution in [-0.4, -0.2) is 42.1 Å². The average molecular weight is 296 g/mol. The molecule has 3 nitrogen and oxygen atoms in total. The zero-order valence-electron chi connectivity index (χ0n) is 13.1. The second-order valence-electron chi connectivity index (χ2n) is 5.80. The number of piperazine rings is 1. The Morgan fingerprint density at radius 3 is 2.45 bits per heavy atom. The Labute approximate surface area is 127 Å². The molecule has 1 saturated heterocycles. The van der Waals surface area contributed by atoms with E-state index in [4.69, 9.17) is 16.6 Å². The van der Waals surface area contributed by atoms with Crippen molar-refractivity contribution in [2.45, 2.75) is 46.0 Å². The van der Waals surface area contributed by atoms with Gasteiger partial charge in [0.25, 0.3) is 0 Å². The third-order valence-electron chi connectivity index (χ3n) is 4.42. The molecule has 1 aromatic heterocycles. The molecule has 1 aliphatic rings. The molecule has 0 aliphatic carbocycles. The van der Waals surface area contributed by atoms with Crippen LogP contribution in [0.5, 0.6) is 0 Å². The molecule has 1 atom stereocenters. The first-order valence-electron chi connectivity index (χ1n) is 7.58. The fraction of sp³-hybridized carbons (Fsp3) is 0.688. The van der Waals surface area contributed by atoms with Crippen LogP contribution in [0.25, 0.3) is 0 Å². The van der Waals surface area contributed by atoms with E-state index in [1.165, 1.54) is 17.5 Å². The number of alkyl halides is 1. The van der Waals surface area contributed by atoms with Crippen LogP contribution in [0.4, 0.5) is 5.82 Å². The highest BCUT2D eigenvalue weighted by atomic mass is 35.5. The molecule has 0 aromatic carbocycles. The third-order valence-corrected chi connectivity index (χ3v) is 4.68. The number of aromatic nitrogens is 1. The van der Waals surface area contributed by atoms with E-state index in [2.05, 4.69) is 43.6 Å². The molecule has 0 spiro atoms. The van der Waals surface area contributed by atoms with Crippen molar-refractivity contribution in [3.05, 3.63) is 22.9 Å². The van der Waals surface area contributed by atoms with E-state index >= 15 is 0 Å². The maximum atomic E-state index is 6.13. The number of hydrogen-bond acceptors (Lipinski definition) is 3. The molecule has 0 saturated carbocycles. The first kappa shape index (κ1) is 15.6. The lowest BCUT2D eigenvalue weighted by molar-refractivity contribution is 0.192. The fourth-order valence-corrected chi connectivity index (χ4v) is 3.23. The highest BCUT2D eigenvalue weighted by molar-refractivity contribution is 6.17. The standard InChI is InChI=1S/C16H26ClN3/c1-5-14(4)19-6-8-20(9-7-19)16-15(11-17)12(2)10-13(3)18-16/h10,14H,5-9,11H2,1-4H3. The minimum atomic E-state index is 0.542. The smallest absolute Gasteiger partial charge is 0.133 e. The van der Waals surface area contributed by atoms with Crippen molar-refractivity contribution in [3.63, 3.8) is 0 Å². The van der Waals surface area contributed by atoms with Gasteiger partial charge in [-0.2, -0.15) is 0 Å². The molecule has 2 rings (SSSR count). The lowest BCUT2D eigenvalue weighted by Crippen LogP contribution is -2.50. The Morgan fingerprint density at radius 1 is 1.25 bits per heavy atom. The highest BCUT2D eigenvalue weighted by Crippen LogP contribution is 2.25. The van der Waals surface area contributed by atoms with Gasteiger partial charge in [-0.3, -0.25) is 4.90 Å². The Bertz CT molecular complexity index is 453. The molecule has 1 aliphatic heterocycles. The van der Waals surface area contributed by atoms with Gasteiger partial charge in [0, 0.05) is 43.5 Å². The number of pyridine rings is 1. The van der Waals surface area contributed by atoms with Crippen LogP contribution >= 0.6 is 11.6 Å². The molecule has 4 heteroatoms. The molecule has 1 unspecified atom stereocenters. The topological polar surface area (TPSA) is 19.4 Å². The van der Waals surface area contributed by atoms with Crippen LogP contribution in [0.3, 0.4) is 0 Å². The van der Waals surface area contributed by atoms with Gasteiger partial charge >= 0.3 is 0 Å². The minimum Gasteiger partial charge on any atom is -0.354 e. The third kappa shape index (κ3) is 3.26. The predicted molar refractivity (Wildman–Crippen MR) is 86.8 cm³/mol. The molecule has 1 aromatic rings. The molecular weight excluding hydrogens is 270 g/mol. The van der Waals surface area contributed by atoms with E-state index < -0.39 is 0 Å². The highest BCUT2D eigenvalue weighted by Gasteiger charge is 2.23. The van der Waals surface area contributed by atoms with Gasteiger partial charge in [-0.1, -0.05) is 6.92 Å². The van der Waals surface area contributed by atoms with Crippen LogP contribution in [0.1, 0.15) is 37.1 Å². The zero-order chi connectivity index (χ0) is 14.7. The quantitative estimate of drug-likeness (QED) is 0.794. The van der Waals surface area contributed by atoms with Crippen LogP contribution in [0.2, 0.25) is 0 Å². The molecule has 1 fully saturated rings. The molecule has 0 N–H and O–H groups in total. The summed E-state index contributed by atoms with van der Waals surface area (Å²) in [7, 11) is 0. The van der Waals surface area contributed by atoms with Crippen molar-refractivity contribution in [2.24, 2.45) is 0 Å². The Hall–Kier alpha value is -0.800. The first-order chi connectivity index (χ1) is 9.56. The van der Waals surface area contributed by atoms with Gasteiger partial charge in [0.05, 0.1) is 5.88 Å². The van der Waals surface area contributed by atoms with Crippen molar-refractivity contribution in [1.82, 2.24) is 9.88 Å². The van der Waals surface area contributed by atoms with Crippen molar-refractivity contribution < 1.29 is 0 Å². The van der Waals surface area contributed by atoms with Gasteiger partial charge in [0.15, 0.2) is 0 Å². The van der Waals surface area contributed by atoms with Gasteiger partial charge in [-0.05, 0) is 38.8 Å². The summed E-state index contributed by atoms with van der Waals surface area (Å²) in [5.74, 6) is 1.64. The van der Waals surface area contributed by atoms with Gasteiger partial charge in [0.2, 0.25) is 0 Å². The van der Waals surface area contributed by atoms with Crippen LogP contribution in [0.15, 0.2) is 6.07 Å². The Balaban J connectivity index is 2.14. The molecule has 0 radical (unpaired) electrons. The normalized spacial score (nSPS) is 18.4. The lowest BCUT2D eigenvalue weighted by atomic mass is 10.1. The Morgan fingerprint density at radius 2 is 1.90 bits per heavy atom. The maximum absolute atomic E-state index is 6.13. The number of aryl methyl sites for hydroxylation is 2. The summed E-state index contributed by atoms with van der Waals surface area (Å²) in [5.41, 5.74) is 3.52. The second-order valence-corrected chi connectivity index (χ2v) is 6.06. The predicted octanol–water partition coefficient (Wildman–Crippen LogP) is 3.36. The summed E-state index contributed by atoms with van der Waals surface area (Å²) in [4.78, 5) is 9.71. The number of halogens is 1. The van der Waals surface area contributed by atoms with E-state index in [0.29, 0.717) is 11.9 Å². The summed E-state index contributed by atoms with van der Waals surface area (Å²) >= 11 is 6.13. The SMILES string of the molecule is CCC(C)N1CCN(c2nc(C)cc(C)c2CCl)CC1. The van der Waals surface area contributed by atoms with Crippen molar-refractivity contribution in [1.29, 1.82) is 0 Å². The summed E-state index contributed by atoms with van der Waals surface area (Å²) in [6, 6.07) is 2.80. The summed E-state index contributed by atoms with van der Waals surface area (Å²) < 4.78 is 0. The van der Waals surface area contributed by atoms with Gasteiger partial charge in [-0.15, -0.1) is 11.6 Å². The molecule has 20 heavy (non-hydrogen) atoms. The number of anilines is 1. The van der Waals surface area contributed by atoms with E-state index in [1.54, 1.807) is 0 Å². The molecule has 0 bridgehead atoms. The average Bonchev–Trinajstić information content (AvgIpc) is 2.46. The van der Waals surface area contributed by atoms with Crippen LogP contribution < -0.4 is 4.90 Å². The fourth-order valence-electron chi connectivity index (χ4n) is 2.90. The minimum absolute atomic E-state index is 0.542. The van der Waals surface area contributed by atoms with Crippen molar-refractivity contribution in [2.75, 3.05) is 31.1 Å². The molecule has 0 amide bonds. The first-order valence-corrected chi connectivity index (χ1v) is 8.12. The molecule has 2 heterocycles. The maximum Gasteiger partial charge on any atom is 0.133 e. The second kappa shape index (κ2) is 6.77. The van der Waals surface area contributed by atoms with E-state index in [0.717, 1.165) is 37.7 Å². The summed E-state index contributed by atoms with van der Waals surface area (Å²) in [5, 5.41) is 0. The zero-order valence-corrected chi connectivity index (χ0v) is 13.9. The molecule has 112 valence electrons. The number of rotatable bonds is 4. The number of hydrogen-bond donors (Lipinski definition) is 0.